The molecule has 1 aliphatic carbocycles. The number of rotatable bonds is 5. The highest BCUT2D eigenvalue weighted by Gasteiger charge is 2.23. The first-order valence-corrected chi connectivity index (χ1v) is 5.89. The van der Waals surface area contributed by atoms with Crippen molar-refractivity contribution in [3.05, 3.63) is 23.8 Å². The third kappa shape index (κ3) is 3.23. The number of nitrogens with one attached hydrogen (secondary N) is 1. The van der Waals surface area contributed by atoms with Crippen LogP contribution in [0, 0.1) is 0 Å². The maximum atomic E-state index is 11.5. The van der Waals surface area contributed by atoms with Gasteiger partial charge in [0.1, 0.15) is 5.75 Å². The summed E-state index contributed by atoms with van der Waals surface area (Å²) in [4.78, 5) is 22.9. The molecule has 1 aromatic carbocycles. The third-order valence-electron chi connectivity index (χ3n) is 2.68. The average Bonchev–Trinajstić information content (AvgIpc) is 3.11. The van der Waals surface area contributed by atoms with Crippen molar-refractivity contribution in [3.8, 4) is 5.75 Å². The molecule has 3 N–H and O–H groups in total. The van der Waals surface area contributed by atoms with Gasteiger partial charge in [-0.1, -0.05) is 0 Å². The number of ether oxygens (including phenoxy) is 1. The normalized spacial score (nSPS) is 14.1. The largest absolute Gasteiger partial charge is 0.483 e. The van der Waals surface area contributed by atoms with Gasteiger partial charge in [0.25, 0.3) is 5.91 Å². The quantitative estimate of drug-likeness (QED) is 0.604. The number of nitrogens with two attached hydrogens (primary N) is 1. The van der Waals surface area contributed by atoms with Gasteiger partial charge in [-0.25, -0.2) is 0 Å². The van der Waals surface area contributed by atoms with E-state index in [0.717, 1.165) is 12.8 Å². The molecule has 0 heterocycles. The molecule has 1 aliphatic rings. The molecular weight excluding hydrogens is 232 g/mol. The molecule has 0 atom stereocenters. The molecule has 0 aliphatic heterocycles. The van der Waals surface area contributed by atoms with Crippen molar-refractivity contribution < 1.29 is 14.3 Å². The molecule has 0 saturated heterocycles. The number of carbonyl (C=O) groups is 2. The van der Waals surface area contributed by atoms with E-state index in [2.05, 4.69) is 5.32 Å². The van der Waals surface area contributed by atoms with Crippen LogP contribution in [0.25, 0.3) is 0 Å². The first-order chi connectivity index (χ1) is 8.56. The topological polar surface area (TPSA) is 81.4 Å². The lowest BCUT2D eigenvalue weighted by Gasteiger charge is -2.10. The molecule has 0 radical (unpaired) electrons. The Morgan fingerprint density at radius 2 is 2.17 bits per heavy atom. The van der Waals surface area contributed by atoms with E-state index in [1.54, 1.807) is 18.2 Å². The summed E-state index contributed by atoms with van der Waals surface area (Å²) < 4.78 is 5.36. The molecule has 1 aromatic rings. The molecule has 0 spiro atoms. The number of benzene rings is 1. The van der Waals surface area contributed by atoms with Gasteiger partial charge in [0, 0.05) is 11.7 Å². The molecule has 0 unspecified atom stereocenters. The van der Waals surface area contributed by atoms with Crippen molar-refractivity contribution in [2.45, 2.75) is 25.8 Å². The Morgan fingerprint density at radius 3 is 2.78 bits per heavy atom. The zero-order chi connectivity index (χ0) is 13.1. The fourth-order valence-electron chi connectivity index (χ4n) is 1.59. The summed E-state index contributed by atoms with van der Waals surface area (Å²) in [5.41, 5.74) is 6.50. The lowest BCUT2D eigenvalue weighted by Crippen LogP contribution is -2.30. The smallest absolute Gasteiger partial charge is 0.258 e. The van der Waals surface area contributed by atoms with Crippen molar-refractivity contribution in [1.29, 1.82) is 0 Å². The molecule has 5 heteroatoms. The minimum absolute atomic E-state index is 0.0826. The van der Waals surface area contributed by atoms with E-state index < -0.39 is 0 Å². The van der Waals surface area contributed by atoms with E-state index in [1.165, 1.54) is 6.92 Å². The Kier molecular flexibility index (Phi) is 3.50. The van der Waals surface area contributed by atoms with Gasteiger partial charge in [0.2, 0.25) is 0 Å². The third-order valence-corrected chi connectivity index (χ3v) is 2.68. The number of hydrogen-bond acceptors (Lipinski definition) is 4. The summed E-state index contributed by atoms with van der Waals surface area (Å²) in [7, 11) is 0. The van der Waals surface area contributed by atoms with Crippen LogP contribution in [0.1, 0.15) is 30.1 Å². The van der Waals surface area contributed by atoms with Gasteiger partial charge in [-0.2, -0.15) is 0 Å². The fourth-order valence-corrected chi connectivity index (χ4v) is 1.59. The Balaban J connectivity index is 1.99. The molecule has 18 heavy (non-hydrogen) atoms. The summed E-state index contributed by atoms with van der Waals surface area (Å²) >= 11 is 0. The van der Waals surface area contributed by atoms with Crippen LogP contribution in [0.4, 0.5) is 5.69 Å². The molecule has 1 amide bonds. The van der Waals surface area contributed by atoms with Crippen LogP contribution < -0.4 is 15.8 Å². The van der Waals surface area contributed by atoms with Crippen molar-refractivity contribution >= 4 is 17.4 Å². The van der Waals surface area contributed by atoms with E-state index in [9.17, 15) is 9.59 Å². The second kappa shape index (κ2) is 5.08. The number of amides is 1. The van der Waals surface area contributed by atoms with Crippen LogP contribution >= 0.6 is 0 Å². The van der Waals surface area contributed by atoms with E-state index in [0.29, 0.717) is 23.0 Å². The number of anilines is 1. The van der Waals surface area contributed by atoms with Crippen LogP contribution in [0.5, 0.6) is 5.75 Å². The second-order valence-electron chi connectivity index (χ2n) is 4.44. The highest BCUT2D eigenvalue weighted by molar-refractivity contribution is 5.97. The number of carbonyl (C=O) groups excluding carboxylic acids is 2. The van der Waals surface area contributed by atoms with Crippen LogP contribution in [-0.4, -0.2) is 24.3 Å². The molecule has 96 valence electrons. The van der Waals surface area contributed by atoms with Crippen molar-refractivity contribution in [3.63, 3.8) is 0 Å². The zero-order valence-electron chi connectivity index (χ0n) is 10.2. The summed E-state index contributed by atoms with van der Waals surface area (Å²) in [5, 5.41) is 2.81. The van der Waals surface area contributed by atoms with Crippen LogP contribution in [-0.2, 0) is 4.79 Å². The summed E-state index contributed by atoms with van der Waals surface area (Å²) in [5.74, 6) is 0.0892. The van der Waals surface area contributed by atoms with Crippen molar-refractivity contribution in [2.24, 2.45) is 0 Å². The number of nitrogen functional groups attached to an aromatic ring is 1. The Labute approximate surface area is 105 Å². The van der Waals surface area contributed by atoms with Crippen molar-refractivity contribution in [1.82, 2.24) is 5.32 Å². The van der Waals surface area contributed by atoms with Crippen LogP contribution in [0.3, 0.4) is 0 Å². The molecule has 0 bridgehead atoms. The lowest BCUT2D eigenvalue weighted by atomic mass is 10.1. The van der Waals surface area contributed by atoms with Crippen molar-refractivity contribution in [2.75, 3.05) is 12.3 Å². The highest BCUT2D eigenvalue weighted by atomic mass is 16.5. The van der Waals surface area contributed by atoms with Gasteiger partial charge in [0.15, 0.2) is 12.4 Å². The predicted octanol–water partition coefficient (Wildman–Crippen LogP) is 1.13. The standard InChI is InChI=1S/C13H16N2O3/c1-8(16)11-6-9(14)2-5-12(11)18-7-13(17)15-10-3-4-10/h2,5-6,10H,3-4,7,14H2,1H3,(H,15,17). The molecule has 0 aromatic heterocycles. The maximum absolute atomic E-state index is 11.5. The van der Waals surface area contributed by atoms with Gasteiger partial charge >= 0.3 is 0 Å². The molecule has 5 nitrogen and oxygen atoms in total. The Morgan fingerprint density at radius 1 is 1.44 bits per heavy atom. The number of ketones is 1. The Bertz CT molecular complexity index is 481. The van der Waals surface area contributed by atoms with E-state index in [-0.39, 0.29) is 18.3 Å². The molecular formula is C13H16N2O3. The predicted molar refractivity (Wildman–Crippen MR) is 67.5 cm³/mol. The maximum Gasteiger partial charge on any atom is 0.258 e. The lowest BCUT2D eigenvalue weighted by molar-refractivity contribution is -0.123. The fraction of sp³-hybridized carbons (Fsp3) is 0.385. The highest BCUT2D eigenvalue weighted by Crippen LogP contribution is 2.22. The SMILES string of the molecule is CC(=O)c1cc(N)ccc1OCC(=O)NC1CC1. The van der Waals surface area contributed by atoms with Crippen LogP contribution in [0.2, 0.25) is 0 Å². The zero-order valence-corrected chi connectivity index (χ0v) is 10.2. The van der Waals surface area contributed by atoms with Gasteiger partial charge in [0.05, 0.1) is 5.56 Å². The summed E-state index contributed by atoms with van der Waals surface area (Å²) in [6.07, 6.45) is 2.07. The number of Topliss-reactive ketones (excluding diaryl/α,β-unsaturated/α-hetero) is 1. The minimum atomic E-state index is -0.163. The van der Waals surface area contributed by atoms with Gasteiger partial charge in [-0.15, -0.1) is 0 Å². The van der Waals surface area contributed by atoms with E-state index >= 15 is 0 Å². The second-order valence-corrected chi connectivity index (χ2v) is 4.44. The first kappa shape index (κ1) is 12.4. The van der Waals surface area contributed by atoms with Gasteiger partial charge in [-0.3, -0.25) is 9.59 Å². The molecule has 1 fully saturated rings. The monoisotopic (exact) mass is 248 g/mol. The Hall–Kier alpha value is -2.04. The van der Waals surface area contributed by atoms with E-state index in [4.69, 9.17) is 10.5 Å². The van der Waals surface area contributed by atoms with E-state index in [1.807, 2.05) is 0 Å². The van der Waals surface area contributed by atoms with Gasteiger partial charge in [-0.05, 0) is 38.0 Å². The summed E-state index contributed by atoms with van der Waals surface area (Å²) in [6.45, 7) is 1.35. The summed E-state index contributed by atoms with van der Waals surface area (Å²) in [6, 6.07) is 5.10. The minimum Gasteiger partial charge on any atom is -0.483 e. The van der Waals surface area contributed by atoms with Crippen LogP contribution in [0.15, 0.2) is 18.2 Å². The first-order valence-electron chi connectivity index (χ1n) is 5.89. The molecule has 1 saturated carbocycles. The molecule has 2 rings (SSSR count). The average molecular weight is 248 g/mol. The number of hydrogen-bond donors (Lipinski definition) is 2. The van der Waals surface area contributed by atoms with Gasteiger partial charge < -0.3 is 15.8 Å².